The van der Waals surface area contributed by atoms with Crippen molar-refractivity contribution in [3.8, 4) is 0 Å². The highest BCUT2D eigenvalue weighted by Gasteiger charge is 2.21. The molecular weight excluding hydrogens is 510 g/mol. The lowest BCUT2D eigenvalue weighted by Gasteiger charge is -2.23. The van der Waals surface area contributed by atoms with Crippen molar-refractivity contribution in [2.45, 2.75) is 205 Å². The van der Waals surface area contributed by atoms with Gasteiger partial charge in [0.25, 0.3) is 0 Å². The number of nitrogens with one attached hydrogen (secondary N) is 1. The highest BCUT2D eigenvalue weighted by atomic mass is 16.3. The summed E-state index contributed by atoms with van der Waals surface area (Å²) in [4.78, 5) is 12.4. The van der Waals surface area contributed by atoms with Crippen molar-refractivity contribution in [1.82, 2.24) is 5.32 Å². The Kier molecular flexibility index (Phi) is 31.3. The van der Waals surface area contributed by atoms with Crippen LogP contribution in [0.15, 0.2) is 12.2 Å². The number of rotatable bonds is 32. The van der Waals surface area contributed by atoms with Gasteiger partial charge in [-0.25, -0.2) is 0 Å². The van der Waals surface area contributed by atoms with Gasteiger partial charge in [0.15, 0.2) is 0 Å². The fourth-order valence-corrected chi connectivity index (χ4v) is 5.51. The topological polar surface area (TPSA) is 89.8 Å². The van der Waals surface area contributed by atoms with Gasteiger partial charge in [0, 0.05) is 0 Å². The van der Waals surface area contributed by atoms with E-state index < -0.39 is 18.2 Å². The van der Waals surface area contributed by atoms with E-state index in [0.29, 0.717) is 12.8 Å². The summed E-state index contributed by atoms with van der Waals surface area (Å²) < 4.78 is 0. The number of amides is 1. The van der Waals surface area contributed by atoms with Gasteiger partial charge >= 0.3 is 0 Å². The second-order valence-corrected chi connectivity index (χ2v) is 12.5. The Morgan fingerprint density at radius 1 is 0.585 bits per heavy atom. The van der Waals surface area contributed by atoms with Gasteiger partial charge in [-0.05, 0) is 38.5 Å². The molecule has 0 bridgehead atoms. The highest BCUT2D eigenvalue weighted by Crippen LogP contribution is 2.15. The molecule has 1 amide bonds. The third kappa shape index (κ3) is 29.0. The predicted molar refractivity (Wildman–Crippen MR) is 176 cm³/mol. The zero-order valence-corrected chi connectivity index (χ0v) is 27.4. The van der Waals surface area contributed by atoms with Crippen LogP contribution < -0.4 is 5.32 Å². The number of carbonyl (C=O) groups excluding carboxylic acids is 1. The largest absolute Gasteiger partial charge is 0.394 e. The van der Waals surface area contributed by atoms with Gasteiger partial charge in [-0.1, -0.05) is 154 Å². The van der Waals surface area contributed by atoms with Gasteiger partial charge in [0.05, 0.1) is 31.3 Å². The molecule has 0 aliphatic heterocycles. The van der Waals surface area contributed by atoms with Crippen LogP contribution in [-0.2, 0) is 4.79 Å². The first-order valence-corrected chi connectivity index (χ1v) is 18.0. The average molecular weight is 582 g/mol. The molecule has 0 aromatic rings. The molecule has 5 nitrogen and oxygen atoms in total. The number of unbranched alkanes of at least 4 members (excludes halogenated alkanes) is 21. The molecule has 0 aliphatic rings. The van der Waals surface area contributed by atoms with Crippen molar-refractivity contribution in [1.29, 1.82) is 0 Å². The van der Waals surface area contributed by atoms with Gasteiger partial charge in [0.1, 0.15) is 0 Å². The van der Waals surface area contributed by atoms with E-state index in [1.54, 1.807) is 0 Å². The molecule has 0 aromatic heterocycles. The molecule has 0 saturated heterocycles. The maximum atomic E-state index is 12.4. The second kappa shape index (κ2) is 32.0. The molecule has 0 saturated carbocycles. The van der Waals surface area contributed by atoms with Crippen molar-refractivity contribution in [3.05, 3.63) is 12.2 Å². The van der Waals surface area contributed by atoms with Gasteiger partial charge in [-0.3, -0.25) is 4.79 Å². The van der Waals surface area contributed by atoms with Gasteiger partial charge in [-0.15, -0.1) is 0 Å². The zero-order chi connectivity index (χ0) is 30.2. The Morgan fingerprint density at radius 3 is 1.44 bits per heavy atom. The summed E-state index contributed by atoms with van der Waals surface area (Å²) in [7, 11) is 0. The van der Waals surface area contributed by atoms with Gasteiger partial charge < -0.3 is 20.6 Å². The lowest BCUT2D eigenvalue weighted by atomic mass is 10.0. The van der Waals surface area contributed by atoms with Crippen LogP contribution in [-0.4, -0.2) is 46.1 Å². The summed E-state index contributed by atoms with van der Waals surface area (Å²) in [6.45, 7) is 4.22. The van der Waals surface area contributed by atoms with Crippen molar-refractivity contribution < 1.29 is 20.1 Å². The molecule has 41 heavy (non-hydrogen) atoms. The molecule has 0 rings (SSSR count). The van der Waals surface area contributed by atoms with Crippen molar-refractivity contribution in [2.24, 2.45) is 0 Å². The Hall–Kier alpha value is -0.910. The van der Waals surface area contributed by atoms with Crippen LogP contribution in [0.2, 0.25) is 0 Å². The molecule has 0 heterocycles. The normalized spacial score (nSPS) is 14.0. The molecule has 0 spiro atoms. The van der Waals surface area contributed by atoms with Crippen LogP contribution in [0.5, 0.6) is 0 Å². The second-order valence-electron chi connectivity index (χ2n) is 12.5. The Bertz CT molecular complexity index is 568. The molecule has 3 atom stereocenters. The van der Waals surface area contributed by atoms with Crippen molar-refractivity contribution in [2.75, 3.05) is 6.61 Å². The summed E-state index contributed by atoms with van der Waals surface area (Å²) >= 11 is 0. The van der Waals surface area contributed by atoms with Gasteiger partial charge in [-0.2, -0.15) is 0 Å². The van der Waals surface area contributed by atoms with E-state index in [1.807, 2.05) is 0 Å². The minimum atomic E-state index is -0.746. The first-order chi connectivity index (χ1) is 20.0. The van der Waals surface area contributed by atoms with E-state index in [0.717, 1.165) is 32.1 Å². The number of hydrogen-bond donors (Lipinski definition) is 4. The van der Waals surface area contributed by atoms with Crippen molar-refractivity contribution in [3.63, 3.8) is 0 Å². The average Bonchev–Trinajstić information content (AvgIpc) is 2.96. The summed E-state index contributed by atoms with van der Waals surface area (Å²) in [6, 6.07) is -0.655. The SMILES string of the molecule is CCCCCC/C=C\CCCCCCCC(O)CC(=O)NC(CO)C(O)CCCCCCCCCCCCCCC. The van der Waals surface area contributed by atoms with E-state index in [-0.39, 0.29) is 18.9 Å². The lowest BCUT2D eigenvalue weighted by molar-refractivity contribution is -0.125. The smallest absolute Gasteiger partial charge is 0.222 e. The van der Waals surface area contributed by atoms with Crippen LogP contribution in [0.3, 0.4) is 0 Å². The number of carbonyl (C=O) groups is 1. The minimum Gasteiger partial charge on any atom is -0.394 e. The van der Waals surface area contributed by atoms with E-state index in [2.05, 4.69) is 31.3 Å². The number of aliphatic hydroxyl groups is 3. The summed E-state index contributed by atoms with van der Waals surface area (Å²) in [6.07, 6.45) is 34.4. The zero-order valence-electron chi connectivity index (χ0n) is 27.4. The van der Waals surface area contributed by atoms with E-state index in [1.165, 1.54) is 122 Å². The summed E-state index contributed by atoms with van der Waals surface area (Å²) in [5.74, 6) is -0.289. The van der Waals surface area contributed by atoms with Crippen LogP contribution in [0.1, 0.15) is 187 Å². The van der Waals surface area contributed by atoms with E-state index in [9.17, 15) is 20.1 Å². The quantitative estimate of drug-likeness (QED) is 0.0471. The fourth-order valence-electron chi connectivity index (χ4n) is 5.51. The van der Waals surface area contributed by atoms with Crippen LogP contribution in [0, 0.1) is 0 Å². The molecule has 0 radical (unpaired) electrons. The molecule has 0 aromatic carbocycles. The maximum absolute atomic E-state index is 12.4. The Morgan fingerprint density at radius 2 is 0.976 bits per heavy atom. The van der Waals surface area contributed by atoms with Crippen molar-refractivity contribution >= 4 is 5.91 Å². The lowest BCUT2D eigenvalue weighted by Crippen LogP contribution is -2.46. The minimum absolute atomic E-state index is 0.0327. The summed E-state index contributed by atoms with van der Waals surface area (Å²) in [5.41, 5.74) is 0. The monoisotopic (exact) mass is 582 g/mol. The molecule has 0 fully saturated rings. The maximum Gasteiger partial charge on any atom is 0.222 e. The molecule has 0 aliphatic carbocycles. The van der Waals surface area contributed by atoms with Crippen LogP contribution >= 0.6 is 0 Å². The van der Waals surface area contributed by atoms with E-state index >= 15 is 0 Å². The Labute approximate surface area is 255 Å². The standard InChI is InChI=1S/C36H71NO4/c1-3-5-7-9-11-13-15-17-19-21-23-25-27-29-33(39)31-36(41)37-34(32-38)35(40)30-28-26-24-22-20-18-16-14-12-10-8-6-4-2/h13,15,33-35,38-40H,3-12,14,16-32H2,1-2H3,(H,37,41)/b15-13-. The molecule has 5 heteroatoms. The molecule has 4 N–H and O–H groups in total. The number of aliphatic hydroxyl groups excluding tert-OH is 3. The third-order valence-corrected chi connectivity index (χ3v) is 8.33. The summed E-state index contributed by atoms with van der Waals surface area (Å²) in [5, 5.41) is 33.1. The molecule has 3 unspecified atom stereocenters. The first-order valence-electron chi connectivity index (χ1n) is 18.0. The predicted octanol–water partition coefficient (Wildman–Crippen LogP) is 9.31. The van der Waals surface area contributed by atoms with E-state index in [4.69, 9.17) is 0 Å². The van der Waals surface area contributed by atoms with Crippen LogP contribution in [0.4, 0.5) is 0 Å². The number of hydrogen-bond acceptors (Lipinski definition) is 4. The fraction of sp³-hybridized carbons (Fsp3) is 0.917. The molecular formula is C36H71NO4. The number of allylic oxidation sites excluding steroid dienone is 2. The highest BCUT2D eigenvalue weighted by molar-refractivity contribution is 5.76. The molecule has 244 valence electrons. The third-order valence-electron chi connectivity index (χ3n) is 8.33. The first kappa shape index (κ1) is 40.1. The van der Waals surface area contributed by atoms with Gasteiger partial charge in [0.2, 0.25) is 5.91 Å². The van der Waals surface area contributed by atoms with Crippen LogP contribution in [0.25, 0.3) is 0 Å². The Balaban J connectivity index is 3.70.